The number of amides is 1. The highest BCUT2D eigenvalue weighted by Crippen LogP contribution is 2.28. The van der Waals surface area contributed by atoms with Crippen LogP contribution in [0, 0.1) is 0 Å². The highest BCUT2D eigenvalue weighted by atomic mass is 35.5. The van der Waals surface area contributed by atoms with E-state index in [1.54, 1.807) is 55.5 Å². The van der Waals surface area contributed by atoms with Crippen LogP contribution in [0.2, 0.25) is 20.1 Å². The van der Waals surface area contributed by atoms with E-state index in [2.05, 4.69) is 0 Å². The molecule has 1 atom stereocenters. The Hall–Kier alpha value is -2.72. The summed E-state index contributed by atoms with van der Waals surface area (Å²) in [5.74, 6) is -0.253. The van der Waals surface area contributed by atoms with Crippen LogP contribution < -0.4 is 9.47 Å². The standard InChI is InChI=1S/C30H31Cl4NO7/c1-2-40-28(29(36)37)16-20-4-7-25(8-5-20)41-13-11-35(30(38)42-27-9-6-22(31)18-26(27)34)10-3-12-39-19-21-14-23(32)17-24(33)15-21/h4-9,14-15,17-18,28H,2-3,10-13,16,19H2,1H3,(H,36,37). The van der Waals surface area contributed by atoms with Crippen molar-refractivity contribution in [2.24, 2.45) is 0 Å². The van der Waals surface area contributed by atoms with E-state index in [-0.39, 0.29) is 30.3 Å². The number of carbonyl (C=O) groups excluding carboxylic acids is 1. The number of hydrogen-bond acceptors (Lipinski definition) is 6. The number of carboxylic acids is 1. The van der Waals surface area contributed by atoms with Crippen LogP contribution in [0.3, 0.4) is 0 Å². The molecule has 0 aromatic heterocycles. The molecule has 0 radical (unpaired) electrons. The Bertz CT molecular complexity index is 1300. The van der Waals surface area contributed by atoms with Crippen molar-refractivity contribution in [1.29, 1.82) is 0 Å². The molecular weight excluding hydrogens is 628 g/mol. The van der Waals surface area contributed by atoms with Crippen molar-refractivity contribution >= 4 is 58.5 Å². The van der Waals surface area contributed by atoms with E-state index in [4.69, 9.17) is 65.4 Å². The minimum absolute atomic E-state index is 0.182. The second-order valence-electron chi connectivity index (χ2n) is 9.09. The van der Waals surface area contributed by atoms with Crippen molar-refractivity contribution in [3.05, 3.63) is 91.9 Å². The van der Waals surface area contributed by atoms with Gasteiger partial charge in [0.15, 0.2) is 11.9 Å². The first-order valence-corrected chi connectivity index (χ1v) is 14.7. The Kier molecular flexibility index (Phi) is 14.0. The summed E-state index contributed by atoms with van der Waals surface area (Å²) in [7, 11) is 0. The van der Waals surface area contributed by atoms with Crippen LogP contribution in [0.1, 0.15) is 24.5 Å². The van der Waals surface area contributed by atoms with Crippen molar-refractivity contribution in [3.63, 3.8) is 0 Å². The minimum atomic E-state index is -1.01. The van der Waals surface area contributed by atoms with E-state index in [1.807, 2.05) is 0 Å². The average molecular weight is 659 g/mol. The predicted molar refractivity (Wildman–Crippen MR) is 163 cm³/mol. The molecule has 12 heteroatoms. The Balaban J connectivity index is 1.55. The first kappa shape index (κ1) is 33.8. The van der Waals surface area contributed by atoms with Gasteiger partial charge in [0.2, 0.25) is 0 Å². The molecule has 0 heterocycles. The first-order chi connectivity index (χ1) is 20.1. The van der Waals surface area contributed by atoms with Crippen LogP contribution in [0.15, 0.2) is 60.7 Å². The largest absolute Gasteiger partial charge is 0.492 e. The highest BCUT2D eigenvalue weighted by Gasteiger charge is 2.19. The minimum Gasteiger partial charge on any atom is -0.492 e. The molecule has 226 valence electrons. The Labute approximate surface area is 264 Å². The second-order valence-corrected chi connectivity index (χ2v) is 10.8. The van der Waals surface area contributed by atoms with Crippen molar-refractivity contribution in [2.45, 2.75) is 32.5 Å². The summed E-state index contributed by atoms with van der Waals surface area (Å²) in [4.78, 5) is 25.9. The average Bonchev–Trinajstić information content (AvgIpc) is 2.93. The summed E-state index contributed by atoms with van der Waals surface area (Å²) < 4.78 is 22.4. The van der Waals surface area contributed by atoms with Crippen molar-refractivity contribution in [1.82, 2.24) is 4.90 Å². The number of halogens is 4. The van der Waals surface area contributed by atoms with Gasteiger partial charge in [0.05, 0.1) is 18.2 Å². The topological polar surface area (TPSA) is 94.5 Å². The van der Waals surface area contributed by atoms with Crippen molar-refractivity contribution in [2.75, 3.05) is 32.9 Å². The fraction of sp³-hybridized carbons (Fsp3) is 0.333. The van der Waals surface area contributed by atoms with Crippen molar-refractivity contribution in [3.8, 4) is 11.5 Å². The van der Waals surface area contributed by atoms with Crippen LogP contribution in [0.5, 0.6) is 11.5 Å². The molecule has 0 saturated heterocycles. The SMILES string of the molecule is CCOC(Cc1ccc(OCCN(CCCOCc2cc(Cl)cc(Cl)c2)C(=O)Oc2ccc(Cl)cc2Cl)cc1)C(=O)O. The Morgan fingerprint density at radius 3 is 2.21 bits per heavy atom. The summed E-state index contributed by atoms with van der Waals surface area (Å²) in [6.07, 6.45) is -0.752. The number of nitrogens with zero attached hydrogens (tertiary/aromatic N) is 1. The lowest BCUT2D eigenvalue weighted by atomic mass is 10.1. The lowest BCUT2D eigenvalue weighted by molar-refractivity contribution is -0.149. The smallest absolute Gasteiger partial charge is 0.415 e. The van der Waals surface area contributed by atoms with Gasteiger partial charge in [0.1, 0.15) is 12.4 Å². The molecule has 0 spiro atoms. The van der Waals surface area contributed by atoms with Gasteiger partial charge in [-0.3, -0.25) is 0 Å². The summed E-state index contributed by atoms with van der Waals surface area (Å²) in [6, 6.07) is 16.9. The second kappa shape index (κ2) is 17.4. The third-order valence-electron chi connectivity index (χ3n) is 5.87. The lowest BCUT2D eigenvalue weighted by Crippen LogP contribution is -2.38. The van der Waals surface area contributed by atoms with Gasteiger partial charge >= 0.3 is 12.1 Å². The van der Waals surface area contributed by atoms with E-state index >= 15 is 0 Å². The van der Waals surface area contributed by atoms with E-state index in [9.17, 15) is 14.7 Å². The highest BCUT2D eigenvalue weighted by molar-refractivity contribution is 6.35. The maximum absolute atomic E-state index is 13.0. The van der Waals surface area contributed by atoms with E-state index in [0.717, 1.165) is 11.1 Å². The molecule has 0 aliphatic carbocycles. The molecule has 0 aliphatic heterocycles. The number of benzene rings is 3. The molecule has 1 unspecified atom stereocenters. The number of carboxylic acid groups (broad SMARTS) is 1. The number of rotatable bonds is 16. The van der Waals surface area contributed by atoms with Gasteiger partial charge in [-0.05, 0) is 73.0 Å². The fourth-order valence-electron chi connectivity index (χ4n) is 3.88. The molecule has 1 amide bonds. The molecule has 42 heavy (non-hydrogen) atoms. The van der Waals surface area contributed by atoms with E-state index in [1.165, 1.54) is 17.0 Å². The third-order valence-corrected chi connectivity index (χ3v) is 6.84. The monoisotopic (exact) mass is 657 g/mol. The zero-order valence-electron chi connectivity index (χ0n) is 22.9. The summed E-state index contributed by atoms with van der Waals surface area (Å²) in [5, 5.41) is 11.0. The maximum atomic E-state index is 13.0. The molecule has 1 N–H and O–H groups in total. The van der Waals surface area contributed by atoms with Crippen LogP contribution in [-0.4, -0.2) is 61.1 Å². The van der Waals surface area contributed by atoms with Crippen LogP contribution in [0.25, 0.3) is 0 Å². The summed E-state index contributed by atoms with van der Waals surface area (Å²) in [5.41, 5.74) is 1.64. The van der Waals surface area contributed by atoms with Gasteiger partial charge in [-0.2, -0.15) is 0 Å². The van der Waals surface area contributed by atoms with Crippen LogP contribution in [0.4, 0.5) is 4.79 Å². The van der Waals surface area contributed by atoms with Gasteiger partial charge in [0.25, 0.3) is 0 Å². The third kappa shape index (κ3) is 11.5. The molecule has 8 nitrogen and oxygen atoms in total. The normalized spacial score (nSPS) is 11.6. The van der Waals surface area contributed by atoms with Crippen molar-refractivity contribution < 1.29 is 33.6 Å². The Morgan fingerprint density at radius 2 is 1.57 bits per heavy atom. The fourth-order valence-corrected chi connectivity index (χ4v) is 4.90. The lowest BCUT2D eigenvalue weighted by Gasteiger charge is -2.22. The van der Waals surface area contributed by atoms with Gasteiger partial charge in [-0.1, -0.05) is 58.5 Å². The number of ether oxygens (including phenoxy) is 4. The van der Waals surface area contributed by atoms with Gasteiger partial charge < -0.3 is 29.0 Å². The predicted octanol–water partition coefficient (Wildman–Crippen LogP) is 7.82. The molecule has 3 aromatic rings. The number of hydrogen-bond donors (Lipinski definition) is 1. The summed E-state index contributed by atoms with van der Waals surface area (Å²) >= 11 is 24.2. The molecule has 0 fully saturated rings. The van der Waals surface area contributed by atoms with Gasteiger partial charge in [0, 0.05) is 41.2 Å². The van der Waals surface area contributed by atoms with E-state index < -0.39 is 18.2 Å². The molecule has 0 aliphatic rings. The summed E-state index contributed by atoms with van der Waals surface area (Å²) in [6.45, 7) is 3.49. The van der Waals surface area contributed by atoms with Gasteiger partial charge in [-0.25, -0.2) is 9.59 Å². The Morgan fingerprint density at radius 1 is 0.857 bits per heavy atom. The first-order valence-electron chi connectivity index (χ1n) is 13.1. The molecule has 0 bridgehead atoms. The molecular formula is C30H31Cl4NO7. The maximum Gasteiger partial charge on any atom is 0.415 e. The molecule has 3 rings (SSSR count). The molecule has 0 saturated carbocycles. The zero-order chi connectivity index (χ0) is 30.5. The van der Waals surface area contributed by atoms with Gasteiger partial charge in [-0.15, -0.1) is 0 Å². The van der Waals surface area contributed by atoms with E-state index in [0.29, 0.717) is 53.6 Å². The van der Waals surface area contributed by atoms with Crippen LogP contribution >= 0.6 is 46.4 Å². The molecule has 3 aromatic carbocycles. The van der Waals surface area contributed by atoms with Crippen LogP contribution in [-0.2, 0) is 27.3 Å². The number of aliphatic carboxylic acids is 1. The zero-order valence-corrected chi connectivity index (χ0v) is 25.9. The number of carbonyl (C=O) groups is 2. The quantitative estimate of drug-likeness (QED) is 0.157.